The first kappa shape index (κ1) is 9.22. The summed E-state index contributed by atoms with van der Waals surface area (Å²) in [7, 11) is 0. The SMILES string of the molecule is O=C(O)C=CC(O)=CC(=O)O. The van der Waals surface area contributed by atoms with Crippen LogP contribution in [0.2, 0.25) is 0 Å². The first-order valence-electron chi connectivity index (χ1n) is 2.57. The van der Waals surface area contributed by atoms with Crippen LogP contribution in [0.3, 0.4) is 0 Å². The Morgan fingerprint density at radius 1 is 0.909 bits per heavy atom. The quantitative estimate of drug-likeness (QED) is 0.309. The molecular formula is C6H6O5. The zero-order chi connectivity index (χ0) is 8.85. The Balaban J connectivity index is 4.17. The summed E-state index contributed by atoms with van der Waals surface area (Å²) in [6.07, 6.45) is 1.89. The average Bonchev–Trinajstić information content (AvgIpc) is 1.82. The summed E-state index contributed by atoms with van der Waals surface area (Å²) < 4.78 is 0. The van der Waals surface area contributed by atoms with Gasteiger partial charge in [0.25, 0.3) is 0 Å². The lowest BCUT2D eigenvalue weighted by molar-refractivity contribution is -0.132. The van der Waals surface area contributed by atoms with Crippen molar-refractivity contribution in [2.45, 2.75) is 0 Å². The predicted octanol–water partition coefficient (Wildman–Crippen LogP) is 0.154. The molecule has 0 aliphatic heterocycles. The molecule has 0 aliphatic carbocycles. The Labute approximate surface area is 61.9 Å². The Morgan fingerprint density at radius 3 is 1.82 bits per heavy atom. The molecule has 0 rings (SSSR count). The van der Waals surface area contributed by atoms with Gasteiger partial charge in [-0.15, -0.1) is 0 Å². The van der Waals surface area contributed by atoms with Crippen LogP contribution in [-0.2, 0) is 9.59 Å². The first-order valence-corrected chi connectivity index (χ1v) is 2.57. The number of carboxylic acid groups (broad SMARTS) is 2. The normalized spacial score (nSPS) is 11.8. The van der Waals surface area contributed by atoms with Crippen molar-refractivity contribution in [2.75, 3.05) is 0 Å². The van der Waals surface area contributed by atoms with E-state index in [2.05, 4.69) is 0 Å². The van der Waals surface area contributed by atoms with Crippen LogP contribution in [0.5, 0.6) is 0 Å². The fraction of sp³-hybridized carbons (Fsp3) is 0. The van der Waals surface area contributed by atoms with Crippen LogP contribution in [0.1, 0.15) is 0 Å². The molecule has 0 radical (unpaired) electrons. The van der Waals surface area contributed by atoms with E-state index in [0.29, 0.717) is 12.2 Å². The van der Waals surface area contributed by atoms with Crippen molar-refractivity contribution < 1.29 is 24.9 Å². The van der Waals surface area contributed by atoms with Gasteiger partial charge in [0.05, 0.1) is 6.08 Å². The van der Waals surface area contributed by atoms with Crippen molar-refractivity contribution >= 4 is 11.9 Å². The lowest BCUT2D eigenvalue weighted by atomic mass is 10.4. The van der Waals surface area contributed by atoms with Crippen LogP contribution in [-0.4, -0.2) is 27.3 Å². The second-order valence-electron chi connectivity index (χ2n) is 1.58. The van der Waals surface area contributed by atoms with Gasteiger partial charge >= 0.3 is 11.9 Å². The molecule has 3 N–H and O–H groups in total. The molecule has 0 unspecified atom stereocenters. The highest BCUT2D eigenvalue weighted by molar-refractivity contribution is 5.83. The van der Waals surface area contributed by atoms with Crippen molar-refractivity contribution in [3.8, 4) is 0 Å². The number of aliphatic hydroxyl groups excluding tert-OH is 1. The minimum Gasteiger partial charge on any atom is -0.508 e. The Morgan fingerprint density at radius 2 is 1.45 bits per heavy atom. The van der Waals surface area contributed by atoms with Crippen LogP contribution in [0.25, 0.3) is 0 Å². The molecule has 0 fully saturated rings. The van der Waals surface area contributed by atoms with Crippen LogP contribution >= 0.6 is 0 Å². The summed E-state index contributed by atoms with van der Waals surface area (Å²) in [5, 5.41) is 24.7. The van der Waals surface area contributed by atoms with Gasteiger partial charge in [-0.2, -0.15) is 0 Å². The number of carbonyl (C=O) groups is 2. The van der Waals surface area contributed by atoms with Crippen LogP contribution in [0.15, 0.2) is 24.0 Å². The van der Waals surface area contributed by atoms with Crippen molar-refractivity contribution in [1.29, 1.82) is 0 Å². The number of carboxylic acids is 2. The molecule has 0 saturated heterocycles. The van der Waals surface area contributed by atoms with Gasteiger partial charge in [-0.1, -0.05) is 0 Å². The van der Waals surface area contributed by atoms with Crippen molar-refractivity contribution in [2.24, 2.45) is 0 Å². The van der Waals surface area contributed by atoms with E-state index < -0.39 is 17.7 Å². The maximum Gasteiger partial charge on any atom is 0.332 e. The second-order valence-corrected chi connectivity index (χ2v) is 1.58. The summed E-state index contributed by atoms with van der Waals surface area (Å²) in [6.45, 7) is 0. The van der Waals surface area contributed by atoms with E-state index in [0.717, 1.165) is 6.08 Å². The van der Waals surface area contributed by atoms with Gasteiger partial charge in [0, 0.05) is 6.08 Å². The van der Waals surface area contributed by atoms with E-state index in [9.17, 15) is 9.59 Å². The molecule has 5 heteroatoms. The molecule has 11 heavy (non-hydrogen) atoms. The highest BCUT2D eigenvalue weighted by Gasteiger charge is 1.93. The second kappa shape index (κ2) is 4.10. The third-order valence-electron chi connectivity index (χ3n) is 0.668. The van der Waals surface area contributed by atoms with Gasteiger partial charge in [-0.05, 0) is 6.08 Å². The van der Waals surface area contributed by atoms with E-state index in [1.807, 2.05) is 0 Å². The van der Waals surface area contributed by atoms with Crippen molar-refractivity contribution in [3.63, 3.8) is 0 Å². The average molecular weight is 158 g/mol. The largest absolute Gasteiger partial charge is 0.508 e. The topological polar surface area (TPSA) is 94.8 Å². The van der Waals surface area contributed by atoms with E-state index >= 15 is 0 Å². The monoisotopic (exact) mass is 158 g/mol. The number of aliphatic hydroxyl groups is 1. The summed E-state index contributed by atoms with van der Waals surface area (Å²) in [4.78, 5) is 19.7. The van der Waals surface area contributed by atoms with Crippen LogP contribution in [0, 0.1) is 0 Å². The number of aliphatic carboxylic acids is 2. The van der Waals surface area contributed by atoms with Gasteiger partial charge in [0.15, 0.2) is 0 Å². The lowest BCUT2D eigenvalue weighted by Gasteiger charge is -1.85. The lowest BCUT2D eigenvalue weighted by Crippen LogP contribution is -1.91. The molecule has 60 valence electrons. The minimum atomic E-state index is -1.34. The van der Waals surface area contributed by atoms with Crippen LogP contribution < -0.4 is 0 Å². The summed E-state index contributed by atoms with van der Waals surface area (Å²) in [5.41, 5.74) is 0. The van der Waals surface area contributed by atoms with Gasteiger partial charge in [0.2, 0.25) is 0 Å². The summed E-state index contributed by atoms with van der Waals surface area (Å²) >= 11 is 0. The van der Waals surface area contributed by atoms with Gasteiger partial charge in [-0.3, -0.25) is 0 Å². The molecule has 0 aromatic rings. The Kier molecular flexibility index (Phi) is 3.44. The molecule has 5 nitrogen and oxygen atoms in total. The zero-order valence-electron chi connectivity index (χ0n) is 5.39. The fourth-order valence-electron chi connectivity index (χ4n) is 0.331. The van der Waals surface area contributed by atoms with Crippen LogP contribution in [0.4, 0.5) is 0 Å². The number of hydrogen-bond donors (Lipinski definition) is 3. The molecule has 0 aromatic heterocycles. The standard InChI is InChI=1S/C6H6O5/c7-4(3-6(10)11)1-2-5(8)9/h1-3,7H,(H,8,9)(H,10,11). The highest BCUT2D eigenvalue weighted by atomic mass is 16.4. The van der Waals surface area contributed by atoms with Gasteiger partial charge in [-0.25, -0.2) is 9.59 Å². The van der Waals surface area contributed by atoms with E-state index in [1.165, 1.54) is 0 Å². The molecule has 0 amide bonds. The third-order valence-corrected chi connectivity index (χ3v) is 0.668. The molecule has 0 bridgehead atoms. The highest BCUT2D eigenvalue weighted by Crippen LogP contribution is 1.89. The van der Waals surface area contributed by atoms with E-state index in [1.54, 1.807) is 0 Å². The Bertz CT molecular complexity index is 225. The first-order chi connectivity index (χ1) is 5.02. The zero-order valence-corrected chi connectivity index (χ0v) is 5.39. The van der Waals surface area contributed by atoms with E-state index in [-0.39, 0.29) is 0 Å². The molecule has 0 aliphatic rings. The molecular weight excluding hydrogens is 152 g/mol. The molecule has 0 spiro atoms. The molecule has 0 saturated carbocycles. The summed E-state index contributed by atoms with van der Waals surface area (Å²) in [6, 6.07) is 0. The molecule has 0 atom stereocenters. The maximum atomic E-state index is 9.84. The number of rotatable bonds is 3. The van der Waals surface area contributed by atoms with Gasteiger partial charge < -0.3 is 15.3 Å². The molecule has 0 aromatic carbocycles. The minimum absolute atomic E-state index is 0.486. The maximum absolute atomic E-state index is 9.84. The predicted molar refractivity (Wildman–Crippen MR) is 35.1 cm³/mol. The third kappa shape index (κ3) is 6.10. The fourth-order valence-corrected chi connectivity index (χ4v) is 0.331. The molecule has 0 heterocycles. The van der Waals surface area contributed by atoms with Crippen molar-refractivity contribution in [3.05, 3.63) is 24.0 Å². The van der Waals surface area contributed by atoms with E-state index in [4.69, 9.17) is 15.3 Å². The number of allylic oxidation sites excluding steroid dienone is 1. The van der Waals surface area contributed by atoms with Crippen molar-refractivity contribution in [1.82, 2.24) is 0 Å². The van der Waals surface area contributed by atoms with Gasteiger partial charge in [0.1, 0.15) is 5.76 Å². The summed E-state index contributed by atoms with van der Waals surface area (Å²) in [5.74, 6) is -3.20. The number of hydrogen-bond acceptors (Lipinski definition) is 3. The Hall–Kier alpha value is -1.78. The smallest absolute Gasteiger partial charge is 0.332 e.